The van der Waals surface area contributed by atoms with E-state index in [1.807, 2.05) is 23.9 Å². The van der Waals surface area contributed by atoms with Crippen molar-refractivity contribution in [3.8, 4) is 0 Å². The second kappa shape index (κ2) is 6.47. The molecule has 0 bridgehead atoms. The molecule has 2 rings (SSSR count). The van der Waals surface area contributed by atoms with Crippen molar-refractivity contribution in [1.29, 1.82) is 0 Å². The Bertz CT molecular complexity index is 455. The Kier molecular flexibility index (Phi) is 4.68. The normalized spacial score (nSPS) is 18.0. The molecule has 1 aliphatic rings. The molecule has 1 unspecified atom stereocenters. The van der Waals surface area contributed by atoms with Gasteiger partial charge in [-0.3, -0.25) is 4.79 Å². The first-order valence-electron chi connectivity index (χ1n) is 6.16. The van der Waals surface area contributed by atoms with Crippen LogP contribution < -0.4 is 16.4 Å². The van der Waals surface area contributed by atoms with Crippen molar-refractivity contribution in [3.63, 3.8) is 0 Å². The number of hydrogen-bond donors (Lipinski definition) is 3. The first kappa shape index (κ1) is 13.7. The third-order valence-corrected chi connectivity index (χ3v) is 4.11. The second-order valence-electron chi connectivity index (χ2n) is 4.45. The fraction of sp³-hybridized carbons (Fsp3) is 0.385. The summed E-state index contributed by atoms with van der Waals surface area (Å²) in [6.45, 7) is 0.372. The van der Waals surface area contributed by atoms with Crippen LogP contribution in [0.2, 0.25) is 0 Å². The minimum Gasteiger partial charge on any atom is -0.352 e. The molecule has 5 nitrogen and oxygen atoms in total. The molecule has 0 spiro atoms. The fourth-order valence-corrected chi connectivity index (χ4v) is 3.03. The highest BCUT2D eigenvalue weighted by atomic mass is 32.2. The minimum atomic E-state index is -0.555. The maximum absolute atomic E-state index is 12.0. The minimum absolute atomic E-state index is 0.0399. The van der Waals surface area contributed by atoms with Crippen LogP contribution in [0.4, 0.5) is 4.79 Å². The van der Waals surface area contributed by atoms with E-state index in [2.05, 4.69) is 10.6 Å². The van der Waals surface area contributed by atoms with Gasteiger partial charge in [-0.25, -0.2) is 4.79 Å². The topological polar surface area (TPSA) is 84.2 Å². The van der Waals surface area contributed by atoms with E-state index in [1.54, 1.807) is 12.1 Å². The molecule has 3 amide bonds. The van der Waals surface area contributed by atoms with Gasteiger partial charge in [-0.2, -0.15) is 11.8 Å². The van der Waals surface area contributed by atoms with Gasteiger partial charge in [0.25, 0.3) is 5.91 Å². The predicted molar refractivity (Wildman–Crippen MR) is 76.1 cm³/mol. The summed E-state index contributed by atoms with van der Waals surface area (Å²) in [6.07, 6.45) is 1.04. The highest BCUT2D eigenvalue weighted by Crippen LogP contribution is 2.17. The highest BCUT2D eigenvalue weighted by Gasteiger charge is 2.18. The highest BCUT2D eigenvalue weighted by molar-refractivity contribution is 7.99. The lowest BCUT2D eigenvalue weighted by atomic mass is 10.1. The zero-order chi connectivity index (χ0) is 13.7. The molecule has 102 valence electrons. The quantitative estimate of drug-likeness (QED) is 0.771. The summed E-state index contributed by atoms with van der Waals surface area (Å²) in [4.78, 5) is 22.6. The van der Waals surface area contributed by atoms with Gasteiger partial charge in [0.05, 0.1) is 0 Å². The molecule has 6 heteroatoms. The van der Waals surface area contributed by atoms with Crippen LogP contribution in [-0.4, -0.2) is 29.5 Å². The Balaban J connectivity index is 1.89. The molecule has 0 saturated carbocycles. The monoisotopic (exact) mass is 279 g/mol. The lowest BCUT2D eigenvalue weighted by molar-refractivity contribution is 0.0941. The third kappa shape index (κ3) is 4.17. The molecule has 1 aromatic carbocycles. The van der Waals surface area contributed by atoms with Crippen LogP contribution in [0.1, 0.15) is 22.3 Å². The van der Waals surface area contributed by atoms with E-state index >= 15 is 0 Å². The number of benzene rings is 1. The zero-order valence-corrected chi connectivity index (χ0v) is 11.3. The average molecular weight is 279 g/mol. The molecule has 1 fully saturated rings. The summed E-state index contributed by atoms with van der Waals surface area (Å²) < 4.78 is 0. The summed E-state index contributed by atoms with van der Waals surface area (Å²) in [6, 6.07) is 6.88. The van der Waals surface area contributed by atoms with Gasteiger partial charge in [-0.05, 0) is 29.9 Å². The Morgan fingerprint density at radius 2 is 2.05 bits per heavy atom. The lowest BCUT2D eigenvalue weighted by Gasteiger charge is -2.11. The van der Waals surface area contributed by atoms with Gasteiger partial charge in [-0.15, -0.1) is 0 Å². The Morgan fingerprint density at radius 1 is 1.32 bits per heavy atom. The van der Waals surface area contributed by atoms with Crippen molar-refractivity contribution in [2.24, 2.45) is 5.73 Å². The summed E-state index contributed by atoms with van der Waals surface area (Å²) in [5.41, 5.74) is 6.54. The van der Waals surface area contributed by atoms with E-state index in [9.17, 15) is 9.59 Å². The number of amides is 3. The number of rotatable bonds is 4. The number of primary amides is 1. The number of carbonyl (C=O) groups excluding carboxylic acids is 2. The van der Waals surface area contributed by atoms with E-state index in [0.717, 1.165) is 23.5 Å². The van der Waals surface area contributed by atoms with E-state index in [1.165, 1.54) is 0 Å². The van der Waals surface area contributed by atoms with Crippen LogP contribution in [0.15, 0.2) is 24.3 Å². The Morgan fingerprint density at radius 3 is 2.63 bits per heavy atom. The van der Waals surface area contributed by atoms with Gasteiger partial charge in [0.2, 0.25) is 0 Å². The van der Waals surface area contributed by atoms with E-state index in [-0.39, 0.29) is 11.9 Å². The maximum Gasteiger partial charge on any atom is 0.312 e. The zero-order valence-electron chi connectivity index (χ0n) is 10.5. The standard InChI is InChI=1S/C13H17N3O2S/c14-13(18)15-7-9-1-3-10(4-2-9)12(17)16-11-5-6-19-8-11/h1-4,11H,5-8H2,(H,16,17)(H3,14,15,18). The summed E-state index contributed by atoms with van der Waals surface area (Å²) >= 11 is 1.86. The molecule has 1 atom stereocenters. The van der Waals surface area contributed by atoms with Crippen molar-refractivity contribution in [3.05, 3.63) is 35.4 Å². The molecule has 19 heavy (non-hydrogen) atoms. The molecular weight excluding hydrogens is 262 g/mol. The number of carbonyl (C=O) groups is 2. The Hall–Kier alpha value is -1.69. The molecule has 0 aliphatic carbocycles. The third-order valence-electron chi connectivity index (χ3n) is 2.95. The van der Waals surface area contributed by atoms with Crippen LogP contribution in [-0.2, 0) is 6.54 Å². The van der Waals surface area contributed by atoms with Gasteiger partial charge in [0.1, 0.15) is 0 Å². The molecule has 4 N–H and O–H groups in total. The van der Waals surface area contributed by atoms with Crippen LogP contribution in [0.25, 0.3) is 0 Å². The van der Waals surface area contributed by atoms with Gasteiger partial charge >= 0.3 is 6.03 Å². The maximum atomic E-state index is 12.0. The number of hydrogen-bond acceptors (Lipinski definition) is 3. The molecular formula is C13H17N3O2S. The Labute approximate surface area is 116 Å². The molecule has 1 heterocycles. The molecule has 1 aliphatic heterocycles. The van der Waals surface area contributed by atoms with Crippen LogP contribution >= 0.6 is 11.8 Å². The summed E-state index contributed by atoms with van der Waals surface area (Å²) in [5, 5.41) is 5.52. The van der Waals surface area contributed by atoms with Gasteiger partial charge in [-0.1, -0.05) is 12.1 Å². The fourth-order valence-electron chi connectivity index (χ4n) is 1.88. The first-order chi connectivity index (χ1) is 9.15. The van der Waals surface area contributed by atoms with Crippen LogP contribution in [0, 0.1) is 0 Å². The van der Waals surface area contributed by atoms with Crippen molar-refractivity contribution < 1.29 is 9.59 Å². The van der Waals surface area contributed by atoms with E-state index < -0.39 is 6.03 Å². The van der Waals surface area contributed by atoms with E-state index in [4.69, 9.17) is 5.73 Å². The second-order valence-corrected chi connectivity index (χ2v) is 5.60. The average Bonchev–Trinajstić information content (AvgIpc) is 2.89. The van der Waals surface area contributed by atoms with Gasteiger partial charge < -0.3 is 16.4 Å². The van der Waals surface area contributed by atoms with Crippen LogP contribution in [0.5, 0.6) is 0 Å². The number of nitrogens with one attached hydrogen (secondary N) is 2. The molecule has 1 saturated heterocycles. The predicted octanol–water partition coefficient (Wildman–Crippen LogP) is 1.09. The SMILES string of the molecule is NC(=O)NCc1ccc(C(=O)NC2CCSC2)cc1. The van der Waals surface area contributed by atoms with Crippen LogP contribution in [0.3, 0.4) is 0 Å². The first-order valence-corrected chi connectivity index (χ1v) is 7.31. The number of urea groups is 1. The van der Waals surface area contributed by atoms with Gasteiger partial charge in [0, 0.05) is 23.9 Å². The van der Waals surface area contributed by atoms with E-state index in [0.29, 0.717) is 12.1 Å². The summed E-state index contributed by atoms with van der Waals surface area (Å²) in [5.74, 6) is 2.07. The molecule has 0 radical (unpaired) electrons. The summed E-state index contributed by atoms with van der Waals surface area (Å²) in [7, 11) is 0. The largest absolute Gasteiger partial charge is 0.352 e. The van der Waals surface area contributed by atoms with Crippen molar-refractivity contribution in [1.82, 2.24) is 10.6 Å². The lowest BCUT2D eigenvalue weighted by Crippen LogP contribution is -2.34. The smallest absolute Gasteiger partial charge is 0.312 e. The van der Waals surface area contributed by atoms with Crippen molar-refractivity contribution in [2.75, 3.05) is 11.5 Å². The van der Waals surface area contributed by atoms with Crippen molar-refractivity contribution in [2.45, 2.75) is 19.0 Å². The molecule has 0 aromatic heterocycles. The number of nitrogens with two attached hydrogens (primary N) is 1. The molecule has 1 aromatic rings. The van der Waals surface area contributed by atoms with Gasteiger partial charge in [0.15, 0.2) is 0 Å². The number of thioether (sulfide) groups is 1. The van der Waals surface area contributed by atoms with Crippen molar-refractivity contribution >= 4 is 23.7 Å².